The monoisotopic (exact) mass is 347 g/mol. The van der Waals surface area contributed by atoms with Gasteiger partial charge in [0.1, 0.15) is 11.6 Å². The lowest BCUT2D eigenvalue weighted by Crippen LogP contribution is -2.08. The number of aryl methyl sites for hydroxylation is 3. The van der Waals surface area contributed by atoms with Gasteiger partial charge in [0.2, 0.25) is 0 Å². The number of rotatable bonds is 5. The zero-order valence-corrected chi connectivity index (χ0v) is 14.7. The molecule has 0 radical (unpaired) electrons. The highest BCUT2D eigenvalue weighted by atomic mass is 79.9. The summed E-state index contributed by atoms with van der Waals surface area (Å²) in [4.78, 5) is 9.33. The lowest BCUT2D eigenvalue weighted by atomic mass is 10.0. The van der Waals surface area contributed by atoms with Gasteiger partial charge in [-0.05, 0) is 59.8 Å². The smallest absolute Gasteiger partial charge is 0.144 e. The van der Waals surface area contributed by atoms with Crippen molar-refractivity contribution < 1.29 is 0 Å². The fourth-order valence-electron chi connectivity index (χ4n) is 2.24. The van der Waals surface area contributed by atoms with E-state index >= 15 is 0 Å². The molecular weight excluding hydrogens is 326 g/mol. The molecule has 0 aliphatic heterocycles. The van der Waals surface area contributed by atoms with Gasteiger partial charge in [0.15, 0.2) is 0 Å². The van der Waals surface area contributed by atoms with Crippen molar-refractivity contribution in [1.29, 1.82) is 0 Å². The largest absolute Gasteiger partial charge is 0.369 e. The maximum absolute atomic E-state index is 4.68. The van der Waals surface area contributed by atoms with Gasteiger partial charge in [-0.15, -0.1) is 0 Å². The Morgan fingerprint density at radius 1 is 1.10 bits per heavy atom. The Balaban J connectivity index is 2.34. The molecule has 4 heteroatoms. The molecule has 0 aliphatic carbocycles. The summed E-state index contributed by atoms with van der Waals surface area (Å²) < 4.78 is 0.982. The normalized spacial score (nSPS) is 10.7. The van der Waals surface area contributed by atoms with Gasteiger partial charge >= 0.3 is 0 Å². The predicted octanol–water partition coefficient (Wildman–Crippen LogP) is 4.44. The molecule has 0 unspecified atom stereocenters. The fraction of sp³-hybridized carbons (Fsp3) is 0.412. The maximum Gasteiger partial charge on any atom is 0.144 e. The van der Waals surface area contributed by atoms with E-state index in [1.165, 1.54) is 16.7 Å². The van der Waals surface area contributed by atoms with Crippen LogP contribution in [0.2, 0.25) is 0 Å². The van der Waals surface area contributed by atoms with Crippen LogP contribution in [0.25, 0.3) is 0 Å². The standard InChI is InChI=1S/C17H22BrN3/c1-5-14-16(18)17(19-6-2)21-15(20-14)10-13-8-7-11(3)12(4)9-13/h7-9H,5-6,10H2,1-4H3,(H,19,20,21). The van der Waals surface area contributed by atoms with Gasteiger partial charge in [-0.3, -0.25) is 0 Å². The molecule has 0 aliphatic rings. The van der Waals surface area contributed by atoms with E-state index in [1.807, 2.05) is 0 Å². The first-order chi connectivity index (χ1) is 10.0. The number of anilines is 1. The molecule has 3 nitrogen and oxygen atoms in total. The summed E-state index contributed by atoms with van der Waals surface area (Å²) in [5, 5.41) is 3.30. The first-order valence-corrected chi connectivity index (χ1v) is 8.19. The Labute approximate surface area is 135 Å². The summed E-state index contributed by atoms with van der Waals surface area (Å²) in [6.07, 6.45) is 1.65. The second-order valence-corrected chi connectivity index (χ2v) is 6.02. The van der Waals surface area contributed by atoms with E-state index in [9.17, 15) is 0 Å². The molecule has 2 aromatic rings. The van der Waals surface area contributed by atoms with Crippen LogP contribution in [-0.4, -0.2) is 16.5 Å². The van der Waals surface area contributed by atoms with Crippen LogP contribution in [0.5, 0.6) is 0 Å². The molecule has 0 atom stereocenters. The molecular formula is C17H22BrN3. The Morgan fingerprint density at radius 2 is 1.86 bits per heavy atom. The fourth-order valence-corrected chi connectivity index (χ4v) is 2.84. The van der Waals surface area contributed by atoms with Crippen LogP contribution in [-0.2, 0) is 12.8 Å². The number of benzene rings is 1. The minimum Gasteiger partial charge on any atom is -0.369 e. The zero-order chi connectivity index (χ0) is 15.4. The third-order valence-corrected chi connectivity index (χ3v) is 4.41. The van der Waals surface area contributed by atoms with Gasteiger partial charge in [0.05, 0.1) is 10.2 Å². The van der Waals surface area contributed by atoms with Crippen LogP contribution >= 0.6 is 15.9 Å². The Hall–Kier alpha value is -1.42. The summed E-state index contributed by atoms with van der Waals surface area (Å²) >= 11 is 3.60. The zero-order valence-electron chi connectivity index (χ0n) is 13.1. The van der Waals surface area contributed by atoms with E-state index in [0.29, 0.717) is 0 Å². The molecule has 0 spiro atoms. The van der Waals surface area contributed by atoms with Gasteiger partial charge in [0, 0.05) is 13.0 Å². The van der Waals surface area contributed by atoms with E-state index < -0.39 is 0 Å². The highest BCUT2D eigenvalue weighted by molar-refractivity contribution is 9.10. The van der Waals surface area contributed by atoms with Crippen LogP contribution in [0.3, 0.4) is 0 Å². The van der Waals surface area contributed by atoms with Crippen LogP contribution in [0, 0.1) is 13.8 Å². The number of nitrogens with zero attached hydrogens (tertiary/aromatic N) is 2. The van der Waals surface area contributed by atoms with Crippen molar-refractivity contribution in [2.24, 2.45) is 0 Å². The Bertz CT molecular complexity index is 638. The highest BCUT2D eigenvalue weighted by Crippen LogP contribution is 2.25. The predicted molar refractivity (Wildman–Crippen MR) is 92.0 cm³/mol. The van der Waals surface area contributed by atoms with Crippen LogP contribution in [0.1, 0.15) is 42.1 Å². The molecule has 0 saturated heterocycles. The number of halogens is 1. The quantitative estimate of drug-likeness (QED) is 0.868. The molecule has 1 aromatic carbocycles. The van der Waals surface area contributed by atoms with E-state index in [4.69, 9.17) is 0 Å². The topological polar surface area (TPSA) is 37.8 Å². The second-order valence-electron chi connectivity index (χ2n) is 5.23. The first-order valence-electron chi connectivity index (χ1n) is 7.40. The summed E-state index contributed by atoms with van der Waals surface area (Å²) in [5.74, 6) is 1.76. The van der Waals surface area contributed by atoms with Gasteiger partial charge in [-0.25, -0.2) is 9.97 Å². The first kappa shape index (κ1) is 16.0. The summed E-state index contributed by atoms with van der Waals surface area (Å²) in [6.45, 7) is 9.31. The van der Waals surface area contributed by atoms with Crippen LogP contribution < -0.4 is 5.32 Å². The Kier molecular flexibility index (Phi) is 5.34. The lowest BCUT2D eigenvalue weighted by molar-refractivity contribution is 0.893. The van der Waals surface area contributed by atoms with Crippen LogP contribution in [0.15, 0.2) is 22.7 Å². The number of hydrogen-bond donors (Lipinski definition) is 1. The molecule has 1 aromatic heterocycles. The maximum atomic E-state index is 4.68. The van der Waals surface area contributed by atoms with E-state index in [2.05, 4.69) is 77.1 Å². The highest BCUT2D eigenvalue weighted by Gasteiger charge is 2.11. The lowest BCUT2D eigenvalue weighted by Gasteiger charge is -2.12. The molecule has 112 valence electrons. The number of aromatic nitrogens is 2. The summed E-state index contributed by atoms with van der Waals surface area (Å²) in [6, 6.07) is 6.54. The van der Waals surface area contributed by atoms with E-state index in [0.717, 1.165) is 41.2 Å². The molecule has 0 fully saturated rings. The van der Waals surface area contributed by atoms with Gasteiger partial charge < -0.3 is 5.32 Å². The molecule has 21 heavy (non-hydrogen) atoms. The van der Waals surface area contributed by atoms with Crippen molar-refractivity contribution in [3.63, 3.8) is 0 Å². The van der Waals surface area contributed by atoms with Crippen molar-refractivity contribution in [1.82, 2.24) is 9.97 Å². The van der Waals surface area contributed by atoms with Gasteiger partial charge in [-0.2, -0.15) is 0 Å². The molecule has 0 saturated carbocycles. The van der Waals surface area contributed by atoms with Crippen molar-refractivity contribution in [3.8, 4) is 0 Å². The molecule has 1 heterocycles. The minimum absolute atomic E-state index is 0.764. The summed E-state index contributed by atoms with van der Waals surface area (Å²) in [5.41, 5.74) is 4.94. The van der Waals surface area contributed by atoms with Gasteiger partial charge in [-0.1, -0.05) is 25.1 Å². The second kappa shape index (κ2) is 7.03. The average Bonchev–Trinajstić information content (AvgIpc) is 2.46. The molecule has 0 bridgehead atoms. The number of nitrogens with one attached hydrogen (secondary N) is 1. The van der Waals surface area contributed by atoms with Crippen molar-refractivity contribution in [2.75, 3.05) is 11.9 Å². The average molecular weight is 348 g/mol. The minimum atomic E-state index is 0.764. The van der Waals surface area contributed by atoms with Crippen molar-refractivity contribution >= 4 is 21.7 Å². The van der Waals surface area contributed by atoms with Crippen LogP contribution in [0.4, 0.5) is 5.82 Å². The van der Waals surface area contributed by atoms with Gasteiger partial charge in [0.25, 0.3) is 0 Å². The molecule has 0 amide bonds. The Morgan fingerprint density at radius 3 is 2.48 bits per heavy atom. The molecule has 1 N–H and O–H groups in total. The number of hydrogen-bond acceptors (Lipinski definition) is 3. The van der Waals surface area contributed by atoms with E-state index in [1.54, 1.807) is 0 Å². The van der Waals surface area contributed by atoms with Crippen molar-refractivity contribution in [3.05, 3.63) is 50.9 Å². The van der Waals surface area contributed by atoms with Crippen molar-refractivity contribution in [2.45, 2.75) is 40.5 Å². The third kappa shape index (κ3) is 3.82. The molecule has 2 rings (SSSR count). The summed E-state index contributed by atoms with van der Waals surface area (Å²) in [7, 11) is 0. The third-order valence-electron chi connectivity index (χ3n) is 3.58. The SMILES string of the molecule is CCNc1nc(Cc2ccc(C)c(C)c2)nc(CC)c1Br. The van der Waals surface area contributed by atoms with E-state index in [-0.39, 0.29) is 0 Å².